The molecule has 4 rings (SSSR count). The van der Waals surface area contributed by atoms with Gasteiger partial charge in [-0.2, -0.15) is 0 Å². The quantitative estimate of drug-likeness (QED) is 0.297. The first-order chi connectivity index (χ1) is 15.6. The average molecular weight is 479 g/mol. The first kappa shape index (κ1) is 25.0. The van der Waals surface area contributed by atoms with E-state index in [2.05, 4.69) is 21.8 Å². The minimum absolute atomic E-state index is 0.00292. The number of hydrogen-bond donors (Lipinski definition) is 4. The van der Waals surface area contributed by atoms with Crippen LogP contribution in [0.1, 0.15) is 43.0 Å². The lowest BCUT2D eigenvalue weighted by molar-refractivity contribution is -0.105. The largest absolute Gasteiger partial charge is 0.403 e. The van der Waals surface area contributed by atoms with Gasteiger partial charge in [-0.15, -0.1) is 0 Å². The minimum atomic E-state index is -0.877. The molecule has 1 heterocycles. The van der Waals surface area contributed by atoms with Crippen molar-refractivity contribution in [1.29, 1.82) is 0 Å². The van der Waals surface area contributed by atoms with Gasteiger partial charge in [0.05, 0.1) is 22.7 Å². The van der Waals surface area contributed by atoms with Crippen molar-refractivity contribution >= 4 is 23.7 Å². The number of aryl methyl sites for hydroxylation is 1. The van der Waals surface area contributed by atoms with Crippen LogP contribution in [0.15, 0.2) is 36.4 Å². The molecule has 2 fully saturated rings. The van der Waals surface area contributed by atoms with E-state index < -0.39 is 11.4 Å². The SMILES string of the molecule is Cc1c(C2CC3CC(O)(/C(=C/N)N(C)N)CC3C2)ncn1C.O=CNc1ccc(F)c(Cl)c1. The molecule has 10 heteroatoms. The average Bonchev–Trinajstić information content (AvgIpc) is 3.37. The topological polar surface area (TPSA) is 122 Å². The van der Waals surface area contributed by atoms with E-state index in [1.165, 1.54) is 40.8 Å². The molecular formula is C23H32ClFN6O2. The number of likely N-dealkylation sites (N-methyl/N-ethyl adjacent to an activating group) is 1. The number of nitrogens with zero attached hydrogens (tertiary/aromatic N) is 3. The van der Waals surface area contributed by atoms with Crippen LogP contribution in [0.3, 0.4) is 0 Å². The molecule has 2 atom stereocenters. The molecule has 0 aliphatic heterocycles. The van der Waals surface area contributed by atoms with Crippen molar-refractivity contribution in [2.45, 2.75) is 44.1 Å². The summed E-state index contributed by atoms with van der Waals surface area (Å²) in [7, 11) is 3.76. The molecule has 0 spiro atoms. The van der Waals surface area contributed by atoms with Crippen LogP contribution in [-0.2, 0) is 11.8 Å². The minimum Gasteiger partial charge on any atom is -0.403 e. The lowest BCUT2D eigenvalue weighted by atomic mass is 9.90. The molecule has 6 N–H and O–H groups in total. The number of aromatic nitrogens is 2. The Morgan fingerprint density at radius 2 is 2.03 bits per heavy atom. The van der Waals surface area contributed by atoms with Gasteiger partial charge in [-0.25, -0.2) is 15.2 Å². The van der Waals surface area contributed by atoms with Crippen LogP contribution in [0, 0.1) is 24.6 Å². The van der Waals surface area contributed by atoms with Gasteiger partial charge in [-0.3, -0.25) is 4.79 Å². The lowest BCUT2D eigenvalue weighted by Crippen LogP contribution is -2.41. The summed E-state index contributed by atoms with van der Waals surface area (Å²) >= 11 is 5.42. The zero-order valence-corrected chi connectivity index (χ0v) is 19.9. The maximum Gasteiger partial charge on any atom is 0.211 e. The van der Waals surface area contributed by atoms with E-state index in [0.717, 1.165) is 25.7 Å². The maximum absolute atomic E-state index is 12.5. The zero-order chi connectivity index (χ0) is 24.3. The fraction of sp³-hybridized carbons (Fsp3) is 0.478. The number of hydrazine groups is 1. The molecule has 2 aliphatic rings. The molecule has 1 aromatic carbocycles. The summed E-state index contributed by atoms with van der Waals surface area (Å²) in [4.78, 5) is 14.5. The summed E-state index contributed by atoms with van der Waals surface area (Å²) in [6, 6.07) is 3.95. The van der Waals surface area contributed by atoms with E-state index in [9.17, 15) is 14.3 Å². The zero-order valence-electron chi connectivity index (χ0n) is 19.1. The highest BCUT2D eigenvalue weighted by molar-refractivity contribution is 6.31. The molecule has 1 amide bonds. The molecule has 2 aliphatic carbocycles. The first-order valence-electron chi connectivity index (χ1n) is 10.9. The predicted octanol–water partition coefficient (Wildman–Crippen LogP) is 3.02. The van der Waals surface area contributed by atoms with Crippen LogP contribution >= 0.6 is 11.6 Å². The molecule has 2 aromatic rings. The Labute approximate surface area is 198 Å². The summed E-state index contributed by atoms with van der Waals surface area (Å²) in [5.74, 6) is 6.87. The van der Waals surface area contributed by atoms with Crippen LogP contribution in [0.4, 0.5) is 10.1 Å². The molecule has 0 bridgehead atoms. The van der Waals surface area contributed by atoms with Crippen molar-refractivity contribution in [2.24, 2.45) is 30.5 Å². The molecule has 2 saturated carbocycles. The summed E-state index contributed by atoms with van der Waals surface area (Å²) in [6.45, 7) is 2.13. The second kappa shape index (κ2) is 10.1. The molecule has 8 nitrogen and oxygen atoms in total. The Balaban J connectivity index is 0.000000235. The molecule has 180 valence electrons. The van der Waals surface area contributed by atoms with Crippen molar-refractivity contribution in [3.63, 3.8) is 0 Å². The van der Waals surface area contributed by atoms with Crippen LogP contribution in [0.2, 0.25) is 5.02 Å². The van der Waals surface area contributed by atoms with Gasteiger partial charge in [0, 0.05) is 37.6 Å². The number of nitrogens with one attached hydrogen (secondary N) is 1. The maximum atomic E-state index is 12.5. The lowest BCUT2D eigenvalue weighted by Gasteiger charge is -2.31. The van der Waals surface area contributed by atoms with Crippen molar-refractivity contribution < 1.29 is 14.3 Å². The van der Waals surface area contributed by atoms with Crippen LogP contribution in [-0.4, -0.2) is 38.7 Å². The Kier molecular flexibility index (Phi) is 7.66. The van der Waals surface area contributed by atoms with Crippen LogP contribution in [0.5, 0.6) is 0 Å². The number of nitrogens with two attached hydrogens (primary N) is 2. The van der Waals surface area contributed by atoms with E-state index in [1.807, 2.05) is 13.4 Å². The van der Waals surface area contributed by atoms with Gasteiger partial charge in [0.1, 0.15) is 11.4 Å². The molecule has 0 saturated heterocycles. The van der Waals surface area contributed by atoms with E-state index in [-0.39, 0.29) is 5.02 Å². The second-order valence-electron chi connectivity index (χ2n) is 9.01. The van der Waals surface area contributed by atoms with Gasteiger partial charge in [0.2, 0.25) is 6.41 Å². The van der Waals surface area contributed by atoms with Gasteiger partial charge in [-0.05, 0) is 62.6 Å². The molecule has 0 radical (unpaired) electrons. The van der Waals surface area contributed by atoms with Gasteiger partial charge in [0.25, 0.3) is 0 Å². The molecule has 1 aromatic heterocycles. The predicted molar refractivity (Wildman–Crippen MR) is 126 cm³/mol. The number of halogens is 2. The second-order valence-corrected chi connectivity index (χ2v) is 9.42. The summed E-state index contributed by atoms with van der Waals surface area (Å²) in [5.41, 5.74) is 8.39. The summed E-state index contributed by atoms with van der Waals surface area (Å²) in [6.07, 6.45) is 7.52. The summed E-state index contributed by atoms with van der Waals surface area (Å²) < 4.78 is 14.6. The van der Waals surface area contributed by atoms with E-state index >= 15 is 0 Å². The highest BCUT2D eigenvalue weighted by Gasteiger charge is 2.51. The van der Waals surface area contributed by atoms with Gasteiger partial charge < -0.3 is 25.7 Å². The smallest absolute Gasteiger partial charge is 0.211 e. The van der Waals surface area contributed by atoms with Crippen LogP contribution in [0.25, 0.3) is 0 Å². The van der Waals surface area contributed by atoms with Crippen molar-refractivity contribution in [3.8, 4) is 0 Å². The number of carbonyl (C=O) groups excluding carboxylic acids is 1. The number of imidazole rings is 1. The number of hydrogen-bond acceptors (Lipinski definition) is 6. The van der Waals surface area contributed by atoms with Gasteiger partial charge in [-0.1, -0.05) is 11.6 Å². The fourth-order valence-corrected chi connectivity index (χ4v) is 5.44. The van der Waals surface area contributed by atoms with E-state index in [4.69, 9.17) is 23.2 Å². The number of aliphatic hydroxyl groups is 1. The standard InChI is InChI=1S/C16H27N5O.C7H5ClFNO/c1-10-15(19-9-20(10)2)11-4-12-6-16(22,7-13(12)5-11)14(8-17)21(3)18;8-6-3-5(10-4-11)1-2-7(6)9/h8-9,11-13,22H,4-7,17-18H2,1-3H3;1-4H,(H,10,11)/b14-8-;. The monoisotopic (exact) mass is 478 g/mol. The Morgan fingerprint density at radius 3 is 2.48 bits per heavy atom. The third kappa shape index (κ3) is 5.31. The van der Waals surface area contributed by atoms with E-state index in [0.29, 0.717) is 35.5 Å². The number of fused-ring (bicyclic) bond motifs is 1. The first-order valence-corrected chi connectivity index (χ1v) is 11.2. The van der Waals surface area contributed by atoms with Crippen molar-refractivity contribution in [2.75, 3.05) is 12.4 Å². The Morgan fingerprint density at radius 1 is 1.39 bits per heavy atom. The third-order valence-electron chi connectivity index (χ3n) is 6.86. The third-order valence-corrected chi connectivity index (χ3v) is 7.15. The van der Waals surface area contributed by atoms with Crippen molar-refractivity contribution in [3.05, 3.63) is 58.7 Å². The van der Waals surface area contributed by atoms with Crippen molar-refractivity contribution in [1.82, 2.24) is 14.6 Å². The highest BCUT2D eigenvalue weighted by Crippen LogP contribution is 2.55. The highest BCUT2D eigenvalue weighted by atomic mass is 35.5. The Bertz CT molecular complexity index is 1010. The number of anilines is 1. The Hall–Kier alpha value is -2.62. The van der Waals surface area contributed by atoms with Gasteiger partial charge in [0.15, 0.2) is 0 Å². The normalized spacial score (nSPS) is 26.4. The number of amides is 1. The fourth-order valence-electron chi connectivity index (χ4n) is 5.26. The summed E-state index contributed by atoms with van der Waals surface area (Å²) in [5, 5.41) is 14.7. The number of rotatable bonds is 5. The van der Waals surface area contributed by atoms with E-state index in [1.54, 1.807) is 7.05 Å². The van der Waals surface area contributed by atoms with Crippen LogP contribution < -0.4 is 16.9 Å². The van der Waals surface area contributed by atoms with Gasteiger partial charge >= 0.3 is 0 Å². The number of benzene rings is 1. The molecular weight excluding hydrogens is 447 g/mol. The number of carbonyl (C=O) groups is 1. The molecule has 33 heavy (non-hydrogen) atoms. The molecule has 2 unspecified atom stereocenters.